The molecule has 198 valence electrons. The maximum Gasteiger partial charge on any atom is 0.245 e. The maximum atomic E-state index is 14.2. The van der Waals surface area contributed by atoms with Gasteiger partial charge in [-0.3, -0.25) is 9.59 Å². The van der Waals surface area contributed by atoms with Gasteiger partial charge in [-0.25, -0.2) is 4.39 Å². The van der Waals surface area contributed by atoms with E-state index in [1.54, 1.807) is 31.3 Å². The first-order valence-corrected chi connectivity index (χ1v) is 12.9. The van der Waals surface area contributed by atoms with Crippen LogP contribution in [0.3, 0.4) is 0 Å². The summed E-state index contributed by atoms with van der Waals surface area (Å²) in [5.41, 5.74) is 3.81. The van der Waals surface area contributed by atoms with Crippen molar-refractivity contribution in [2.45, 2.75) is 38.9 Å². The molecule has 0 radical (unpaired) electrons. The Balaban J connectivity index is 1.58. The summed E-state index contributed by atoms with van der Waals surface area (Å²) in [6.45, 7) is 1.91. The number of aromatic nitrogens is 1. The quantitative estimate of drug-likeness (QED) is 0.310. The Morgan fingerprint density at radius 1 is 1.05 bits per heavy atom. The van der Waals surface area contributed by atoms with Gasteiger partial charge in [-0.05, 0) is 42.7 Å². The standard InChI is InChI=1S/C30H31ClFN3O3/c1-20-23(15-16-36)29-24(31)12-8-14-27(29)35(20)19-28(37)33-26(17-21-9-4-3-5-10-21)30(38)34(2)18-22-11-6-7-13-25(22)32/h3-14,26,36H,15-19H2,1-2H3,(H,33,37)/t26-/m0/s1. The lowest BCUT2D eigenvalue weighted by molar-refractivity contribution is -0.136. The summed E-state index contributed by atoms with van der Waals surface area (Å²) in [5.74, 6) is -1.04. The number of halogens is 2. The van der Waals surface area contributed by atoms with E-state index in [1.807, 2.05) is 54.0 Å². The van der Waals surface area contributed by atoms with Crippen LogP contribution in [0.5, 0.6) is 0 Å². The first-order valence-electron chi connectivity index (χ1n) is 12.5. The lowest BCUT2D eigenvalue weighted by atomic mass is 10.0. The smallest absolute Gasteiger partial charge is 0.245 e. The number of amides is 2. The van der Waals surface area contributed by atoms with Crippen molar-refractivity contribution in [2.75, 3.05) is 13.7 Å². The van der Waals surface area contributed by atoms with Gasteiger partial charge in [0.25, 0.3) is 0 Å². The van der Waals surface area contributed by atoms with E-state index in [9.17, 15) is 19.1 Å². The second-order valence-corrected chi connectivity index (χ2v) is 9.76. The minimum absolute atomic E-state index is 0.0241. The van der Waals surface area contributed by atoms with Crippen molar-refractivity contribution >= 4 is 34.3 Å². The Kier molecular flexibility index (Phi) is 8.81. The van der Waals surface area contributed by atoms with Gasteiger partial charge >= 0.3 is 0 Å². The minimum atomic E-state index is -0.843. The number of benzene rings is 3. The average molecular weight is 536 g/mol. The lowest BCUT2D eigenvalue weighted by Crippen LogP contribution is -2.49. The Bertz CT molecular complexity index is 1440. The predicted molar refractivity (Wildman–Crippen MR) is 147 cm³/mol. The summed E-state index contributed by atoms with van der Waals surface area (Å²) in [5, 5.41) is 13.9. The number of hydrogen-bond acceptors (Lipinski definition) is 3. The van der Waals surface area contributed by atoms with Crippen LogP contribution in [0.25, 0.3) is 10.9 Å². The molecule has 1 heterocycles. The third-order valence-corrected chi connectivity index (χ3v) is 7.06. The molecule has 0 spiro atoms. The summed E-state index contributed by atoms with van der Waals surface area (Å²) in [6.07, 6.45) is 0.705. The van der Waals surface area contributed by atoms with E-state index in [1.165, 1.54) is 11.0 Å². The predicted octanol–water partition coefficient (Wildman–Crippen LogP) is 4.66. The van der Waals surface area contributed by atoms with Crippen LogP contribution < -0.4 is 5.32 Å². The topological polar surface area (TPSA) is 74.6 Å². The number of aliphatic hydroxyl groups excluding tert-OH is 1. The van der Waals surface area contributed by atoms with Crippen LogP contribution in [-0.2, 0) is 35.5 Å². The molecule has 0 fully saturated rings. The highest BCUT2D eigenvalue weighted by molar-refractivity contribution is 6.35. The van der Waals surface area contributed by atoms with Gasteiger partial charge in [0.05, 0.1) is 10.5 Å². The third-order valence-electron chi connectivity index (χ3n) is 6.75. The molecular formula is C30H31ClFN3O3. The van der Waals surface area contributed by atoms with Crippen LogP contribution in [0.15, 0.2) is 72.8 Å². The molecule has 2 amide bonds. The molecule has 4 rings (SSSR count). The first-order chi connectivity index (χ1) is 18.3. The highest BCUT2D eigenvalue weighted by Crippen LogP contribution is 2.32. The van der Waals surface area contributed by atoms with Crippen molar-refractivity contribution < 1.29 is 19.1 Å². The molecule has 0 saturated carbocycles. The average Bonchev–Trinajstić information content (AvgIpc) is 3.17. The van der Waals surface area contributed by atoms with Gasteiger partial charge in [0.1, 0.15) is 18.4 Å². The molecule has 0 aliphatic rings. The summed E-state index contributed by atoms with van der Waals surface area (Å²) in [6, 6.07) is 20.4. The largest absolute Gasteiger partial charge is 0.396 e. The molecule has 1 atom stereocenters. The van der Waals surface area contributed by atoms with E-state index in [0.29, 0.717) is 23.4 Å². The van der Waals surface area contributed by atoms with Gasteiger partial charge in [-0.15, -0.1) is 0 Å². The Hall–Kier alpha value is -3.68. The number of likely N-dealkylation sites (N-methyl/N-ethyl adjacent to an activating group) is 1. The summed E-state index contributed by atoms with van der Waals surface area (Å²) < 4.78 is 16.1. The van der Waals surface area contributed by atoms with Crippen LogP contribution in [-0.4, -0.2) is 46.1 Å². The highest BCUT2D eigenvalue weighted by atomic mass is 35.5. The maximum absolute atomic E-state index is 14.2. The molecule has 3 aromatic carbocycles. The van der Waals surface area contributed by atoms with E-state index in [-0.39, 0.29) is 37.3 Å². The minimum Gasteiger partial charge on any atom is -0.396 e. The number of fused-ring (bicyclic) bond motifs is 1. The molecule has 0 unspecified atom stereocenters. The number of nitrogens with one attached hydrogen (secondary N) is 1. The lowest BCUT2D eigenvalue weighted by Gasteiger charge is -2.25. The van der Waals surface area contributed by atoms with Crippen molar-refractivity contribution in [2.24, 2.45) is 0 Å². The van der Waals surface area contributed by atoms with Crippen molar-refractivity contribution in [3.05, 3.63) is 106 Å². The van der Waals surface area contributed by atoms with E-state index >= 15 is 0 Å². The van der Waals surface area contributed by atoms with Crippen LogP contribution in [0.1, 0.15) is 22.4 Å². The zero-order valence-electron chi connectivity index (χ0n) is 21.5. The normalized spacial score (nSPS) is 11.9. The number of aliphatic hydroxyl groups is 1. The number of nitrogens with zero attached hydrogens (tertiary/aromatic N) is 2. The molecule has 0 saturated heterocycles. The summed E-state index contributed by atoms with van der Waals surface area (Å²) in [4.78, 5) is 28.3. The fraction of sp³-hybridized carbons (Fsp3) is 0.267. The zero-order chi connectivity index (χ0) is 27.2. The second kappa shape index (κ2) is 12.2. The molecule has 38 heavy (non-hydrogen) atoms. The van der Waals surface area contributed by atoms with E-state index in [0.717, 1.165) is 27.7 Å². The first kappa shape index (κ1) is 27.4. The number of carbonyl (C=O) groups excluding carboxylic acids is 2. The van der Waals surface area contributed by atoms with Gasteiger partial charge < -0.3 is 19.9 Å². The molecule has 4 aromatic rings. The van der Waals surface area contributed by atoms with Crippen LogP contribution >= 0.6 is 11.6 Å². The molecule has 0 bridgehead atoms. The zero-order valence-corrected chi connectivity index (χ0v) is 22.2. The van der Waals surface area contributed by atoms with Gasteiger partial charge in [0, 0.05) is 43.3 Å². The van der Waals surface area contributed by atoms with E-state index in [2.05, 4.69) is 5.32 Å². The molecule has 8 heteroatoms. The van der Waals surface area contributed by atoms with Crippen LogP contribution in [0.2, 0.25) is 5.02 Å². The number of hydrogen-bond donors (Lipinski definition) is 2. The van der Waals surface area contributed by atoms with E-state index in [4.69, 9.17) is 11.6 Å². The highest BCUT2D eigenvalue weighted by Gasteiger charge is 2.26. The van der Waals surface area contributed by atoms with Crippen molar-refractivity contribution in [3.8, 4) is 0 Å². The van der Waals surface area contributed by atoms with Crippen LogP contribution in [0.4, 0.5) is 4.39 Å². The monoisotopic (exact) mass is 535 g/mol. The number of rotatable bonds is 10. The number of carbonyl (C=O) groups is 2. The molecule has 6 nitrogen and oxygen atoms in total. The van der Waals surface area contributed by atoms with Gasteiger partial charge in [-0.2, -0.15) is 0 Å². The Labute approximate surface area is 226 Å². The summed E-state index contributed by atoms with van der Waals surface area (Å²) in [7, 11) is 1.60. The molecule has 0 aliphatic carbocycles. The fourth-order valence-corrected chi connectivity index (χ4v) is 5.13. The molecule has 0 aliphatic heterocycles. The Morgan fingerprint density at radius 3 is 2.47 bits per heavy atom. The SMILES string of the molecule is Cc1c(CCO)c2c(Cl)cccc2n1CC(=O)N[C@@H](Cc1ccccc1)C(=O)N(C)Cc1ccccc1F. The van der Waals surface area contributed by atoms with Crippen LogP contribution in [0, 0.1) is 12.7 Å². The third kappa shape index (κ3) is 6.06. The fourth-order valence-electron chi connectivity index (χ4n) is 4.84. The van der Waals surface area contributed by atoms with Gasteiger partial charge in [0.15, 0.2) is 0 Å². The Morgan fingerprint density at radius 2 is 1.76 bits per heavy atom. The van der Waals surface area contributed by atoms with Gasteiger partial charge in [-0.1, -0.05) is 66.2 Å². The second-order valence-electron chi connectivity index (χ2n) is 9.35. The summed E-state index contributed by atoms with van der Waals surface area (Å²) >= 11 is 6.48. The van der Waals surface area contributed by atoms with Crippen molar-refractivity contribution in [3.63, 3.8) is 0 Å². The van der Waals surface area contributed by atoms with E-state index < -0.39 is 6.04 Å². The van der Waals surface area contributed by atoms with Gasteiger partial charge in [0.2, 0.25) is 11.8 Å². The van der Waals surface area contributed by atoms with Crippen molar-refractivity contribution in [1.82, 2.24) is 14.8 Å². The molecular weight excluding hydrogens is 505 g/mol. The molecule has 2 N–H and O–H groups in total. The molecule has 1 aromatic heterocycles. The van der Waals surface area contributed by atoms with Crippen molar-refractivity contribution in [1.29, 1.82) is 0 Å².